The number of carbonyl (C=O) groups excluding carboxylic acids is 1. The summed E-state index contributed by atoms with van der Waals surface area (Å²) in [5, 5.41) is 8.64. The van der Waals surface area contributed by atoms with Gasteiger partial charge in [-0.05, 0) is 33.3 Å². The predicted octanol–water partition coefficient (Wildman–Crippen LogP) is 1.80. The molecule has 0 radical (unpaired) electrons. The van der Waals surface area contributed by atoms with Crippen molar-refractivity contribution in [2.75, 3.05) is 6.54 Å². The fourth-order valence-corrected chi connectivity index (χ4v) is 3.18. The van der Waals surface area contributed by atoms with Crippen molar-refractivity contribution in [1.29, 1.82) is 0 Å². The second-order valence-corrected chi connectivity index (χ2v) is 6.80. The number of hydrogen-bond acceptors (Lipinski definition) is 4. The molecule has 0 bridgehead atoms. The highest BCUT2D eigenvalue weighted by atomic mass is 16.1. The number of hydrogen-bond donors (Lipinski definition) is 1. The topological polar surface area (TPSA) is 81.8 Å². The van der Waals surface area contributed by atoms with Crippen molar-refractivity contribution in [2.45, 2.75) is 40.2 Å². The molecule has 0 aliphatic carbocycles. The van der Waals surface area contributed by atoms with Crippen LogP contribution in [-0.2, 0) is 24.8 Å². The highest BCUT2D eigenvalue weighted by Crippen LogP contribution is 2.17. The van der Waals surface area contributed by atoms with E-state index in [1.165, 1.54) is 4.57 Å². The van der Waals surface area contributed by atoms with Crippen LogP contribution in [-0.4, -0.2) is 31.8 Å². The summed E-state index contributed by atoms with van der Waals surface area (Å²) in [6.07, 6.45) is 0.894. The van der Waals surface area contributed by atoms with Crippen LogP contribution in [0.25, 0.3) is 10.9 Å². The zero-order valence-corrected chi connectivity index (χ0v) is 16.2. The van der Waals surface area contributed by atoms with Crippen molar-refractivity contribution in [2.24, 2.45) is 7.05 Å². The number of amides is 1. The maximum absolute atomic E-state index is 12.2. The van der Waals surface area contributed by atoms with Gasteiger partial charge in [0.1, 0.15) is 5.82 Å². The summed E-state index contributed by atoms with van der Waals surface area (Å²) in [4.78, 5) is 28.7. The van der Waals surface area contributed by atoms with Gasteiger partial charge in [0.25, 0.3) is 5.56 Å². The molecule has 7 nitrogen and oxygen atoms in total. The van der Waals surface area contributed by atoms with Crippen molar-refractivity contribution >= 4 is 16.8 Å². The second kappa shape index (κ2) is 7.73. The standard InChI is InChI=1S/C20H25N5O2/c1-13-17(22-15(3)24(4)20(13)27)12-19(26)21-10-7-11-25-18-9-6-5-8-16(18)14(2)23-25/h5-6,8-9H,7,10-12H2,1-4H3,(H,21,26). The molecule has 0 aliphatic rings. The van der Waals surface area contributed by atoms with E-state index >= 15 is 0 Å². The van der Waals surface area contributed by atoms with Crippen LogP contribution in [0.15, 0.2) is 29.1 Å². The monoisotopic (exact) mass is 367 g/mol. The van der Waals surface area contributed by atoms with E-state index in [2.05, 4.69) is 27.5 Å². The number of benzene rings is 1. The fourth-order valence-electron chi connectivity index (χ4n) is 3.18. The lowest BCUT2D eigenvalue weighted by Crippen LogP contribution is -2.30. The number of nitrogens with one attached hydrogen (secondary N) is 1. The average Bonchev–Trinajstić information content (AvgIpc) is 2.98. The van der Waals surface area contributed by atoms with Gasteiger partial charge in [0.15, 0.2) is 0 Å². The van der Waals surface area contributed by atoms with E-state index in [1.807, 2.05) is 23.7 Å². The van der Waals surface area contributed by atoms with Crippen molar-refractivity contribution in [3.63, 3.8) is 0 Å². The van der Waals surface area contributed by atoms with E-state index < -0.39 is 0 Å². The molecular formula is C20H25N5O2. The van der Waals surface area contributed by atoms with Gasteiger partial charge in [0, 0.05) is 31.1 Å². The van der Waals surface area contributed by atoms with Crippen LogP contribution in [0.5, 0.6) is 0 Å². The van der Waals surface area contributed by atoms with Crippen LogP contribution in [0.3, 0.4) is 0 Å². The van der Waals surface area contributed by atoms with Crippen molar-refractivity contribution in [1.82, 2.24) is 24.6 Å². The molecule has 0 aliphatic heterocycles. The van der Waals surface area contributed by atoms with Gasteiger partial charge in [-0.25, -0.2) is 4.98 Å². The normalized spacial score (nSPS) is 11.1. The van der Waals surface area contributed by atoms with E-state index in [0.717, 1.165) is 29.6 Å². The molecule has 3 aromatic rings. The maximum atomic E-state index is 12.2. The van der Waals surface area contributed by atoms with Crippen molar-refractivity contribution < 1.29 is 4.79 Å². The van der Waals surface area contributed by atoms with Crippen LogP contribution in [0, 0.1) is 20.8 Å². The molecule has 0 saturated carbocycles. The number of aryl methyl sites for hydroxylation is 3. The molecule has 0 spiro atoms. The van der Waals surface area contributed by atoms with E-state index in [4.69, 9.17) is 0 Å². The Balaban J connectivity index is 1.55. The number of nitrogens with zero attached hydrogens (tertiary/aromatic N) is 4. The Bertz CT molecular complexity index is 1050. The summed E-state index contributed by atoms with van der Waals surface area (Å²) in [5.74, 6) is 0.481. The molecular weight excluding hydrogens is 342 g/mol. The largest absolute Gasteiger partial charge is 0.356 e. The zero-order chi connectivity index (χ0) is 19.6. The van der Waals surface area contributed by atoms with Gasteiger partial charge in [0.2, 0.25) is 5.91 Å². The Morgan fingerprint density at radius 1 is 1.19 bits per heavy atom. The van der Waals surface area contributed by atoms with E-state index in [1.54, 1.807) is 20.9 Å². The smallest absolute Gasteiger partial charge is 0.256 e. The van der Waals surface area contributed by atoms with Gasteiger partial charge in [-0.1, -0.05) is 18.2 Å². The lowest BCUT2D eigenvalue weighted by molar-refractivity contribution is -0.120. The minimum absolute atomic E-state index is 0.105. The van der Waals surface area contributed by atoms with E-state index in [0.29, 0.717) is 23.6 Å². The Morgan fingerprint density at radius 3 is 2.70 bits per heavy atom. The summed E-state index contributed by atoms with van der Waals surface area (Å²) >= 11 is 0. The molecule has 1 N–H and O–H groups in total. The quantitative estimate of drug-likeness (QED) is 0.674. The van der Waals surface area contributed by atoms with Gasteiger partial charge in [-0.15, -0.1) is 0 Å². The van der Waals surface area contributed by atoms with Crippen LogP contribution in [0.4, 0.5) is 0 Å². The van der Waals surface area contributed by atoms with E-state index in [9.17, 15) is 9.59 Å². The Hall–Kier alpha value is -2.96. The lowest BCUT2D eigenvalue weighted by Gasteiger charge is -2.10. The summed E-state index contributed by atoms with van der Waals surface area (Å²) in [5.41, 5.74) is 3.08. The first kappa shape index (κ1) is 18.8. The van der Waals surface area contributed by atoms with Gasteiger partial charge in [0.05, 0.1) is 23.3 Å². The molecule has 0 atom stereocenters. The molecule has 3 rings (SSSR count). The maximum Gasteiger partial charge on any atom is 0.256 e. The molecule has 0 saturated heterocycles. The molecule has 2 heterocycles. The number of aromatic nitrogens is 4. The van der Waals surface area contributed by atoms with Crippen LogP contribution in [0.2, 0.25) is 0 Å². The fraction of sp³-hybridized carbons (Fsp3) is 0.400. The third-order valence-electron chi connectivity index (χ3n) is 4.88. The van der Waals surface area contributed by atoms with Gasteiger partial charge >= 0.3 is 0 Å². The van der Waals surface area contributed by atoms with Crippen LogP contribution in [0.1, 0.15) is 29.2 Å². The number of rotatable bonds is 6. The molecule has 1 aromatic carbocycles. The molecule has 2 aromatic heterocycles. The van der Waals surface area contributed by atoms with Gasteiger partial charge in [-0.2, -0.15) is 5.10 Å². The summed E-state index contributed by atoms with van der Waals surface area (Å²) in [6.45, 7) is 6.76. The SMILES string of the molecule is Cc1c(CC(=O)NCCCn2nc(C)c3ccccc32)nc(C)n(C)c1=O. The highest BCUT2D eigenvalue weighted by molar-refractivity contribution is 5.81. The predicted molar refractivity (Wildman–Crippen MR) is 105 cm³/mol. The molecule has 27 heavy (non-hydrogen) atoms. The molecule has 1 amide bonds. The number of carbonyl (C=O) groups is 1. The molecule has 142 valence electrons. The Morgan fingerprint density at radius 2 is 1.93 bits per heavy atom. The first-order valence-corrected chi connectivity index (χ1v) is 9.10. The summed E-state index contributed by atoms with van der Waals surface area (Å²) in [7, 11) is 1.68. The first-order valence-electron chi connectivity index (χ1n) is 9.10. The Labute approximate surface area is 158 Å². The summed E-state index contributed by atoms with van der Waals surface area (Å²) in [6, 6.07) is 8.14. The van der Waals surface area contributed by atoms with Crippen molar-refractivity contribution in [3.8, 4) is 0 Å². The first-order chi connectivity index (χ1) is 12.9. The van der Waals surface area contributed by atoms with E-state index in [-0.39, 0.29) is 17.9 Å². The molecule has 7 heteroatoms. The highest BCUT2D eigenvalue weighted by Gasteiger charge is 2.12. The summed E-state index contributed by atoms with van der Waals surface area (Å²) < 4.78 is 3.47. The third kappa shape index (κ3) is 3.92. The van der Waals surface area contributed by atoms with Gasteiger partial charge < -0.3 is 5.32 Å². The van der Waals surface area contributed by atoms with Crippen molar-refractivity contribution in [3.05, 3.63) is 57.4 Å². The van der Waals surface area contributed by atoms with Crippen LogP contribution >= 0.6 is 0 Å². The van der Waals surface area contributed by atoms with Crippen LogP contribution < -0.4 is 10.9 Å². The third-order valence-corrected chi connectivity index (χ3v) is 4.88. The minimum atomic E-state index is -0.125. The van der Waals surface area contributed by atoms with Gasteiger partial charge in [-0.3, -0.25) is 18.8 Å². The lowest BCUT2D eigenvalue weighted by atomic mass is 10.2. The average molecular weight is 367 g/mol. The minimum Gasteiger partial charge on any atom is -0.356 e. The zero-order valence-electron chi connectivity index (χ0n) is 16.2. The molecule has 0 fully saturated rings. The Kier molecular flexibility index (Phi) is 5.39. The second-order valence-electron chi connectivity index (χ2n) is 6.80. The number of para-hydroxylation sites is 1. The number of fused-ring (bicyclic) bond motifs is 1. The molecule has 0 unspecified atom stereocenters.